The quantitative estimate of drug-likeness (QED) is 0.921. The first-order valence-electron chi connectivity index (χ1n) is 7.55. The van der Waals surface area contributed by atoms with E-state index in [2.05, 4.69) is 20.4 Å². The third-order valence-electron chi connectivity index (χ3n) is 3.81. The van der Waals surface area contributed by atoms with Crippen molar-refractivity contribution in [3.63, 3.8) is 0 Å². The number of hydrogen-bond acceptors (Lipinski definition) is 7. The molecule has 124 valence electrons. The fourth-order valence-electron chi connectivity index (χ4n) is 2.50. The molecule has 1 N–H and O–H groups in total. The number of nitrogens with one attached hydrogen (secondary N) is 1. The molecule has 2 aromatic rings. The number of anilines is 1. The summed E-state index contributed by atoms with van der Waals surface area (Å²) in [6.07, 6.45) is -0.0785. The molecule has 0 radical (unpaired) electrons. The minimum atomic E-state index is -0.284. The molecule has 8 heteroatoms. The molecule has 1 fully saturated rings. The van der Waals surface area contributed by atoms with Gasteiger partial charge in [0, 0.05) is 30.2 Å². The second kappa shape index (κ2) is 6.77. The average Bonchev–Trinajstić information content (AvgIpc) is 3.15. The molecule has 1 amide bonds. The maximum Gasteiger partial charge on any atom is 0.243 e. The van der Waals surface area contributed by atoms with E-state index in [1.807, 2.05) is 26.2 Å². The molecule has 23 heavy (non-hydrogen) atoms. The van der Waals surface area contributed by atoms with Crippen LogP contribution in [0.3, 0.4) is 0 Å². The summed E-state index contributed by atoms with van der Waals surface area (Å²) in [6.45, 7) is 7.61. The number of aryl methyl sites for hydroxylation is 2. The van der Waals surface area contributed by atoms with Crippen molar-refractivity contribution in [3.05, 3.63) is 27.8 Å². The van der Waals surface area contributed by atoms with Crippen LogP contribution < -0.4 is 5.32 Å². The lowest BCUT2D eigenvalue weighted by Crippen LogP contribution is -2.48. The molecule has 1 aliphatic rings. The van der Waals surface area contributed by atoms with E-state index in [0.717, 1.165) is 16.4 Å². The number of nitrogens with zero attached hydrogens (tertiary/aromatic N) is 3. The summed E-state index contributed by atoms with van der Waals surface area (Å²) in [4.78, 5) is 19.0. The van der Waals surface area contributed by atoms with Gasteiger partial charge in [-0.05, 0) is 20.8 Å². The standard InChI is InChI=1S/C15H20N4O3S/c1-9-6-13(22-18-9)17-14(20)11(3)19-4-5-21-12(7-19)15-16-10(2)8-23-15/h6,8,11-12H,4-5,7H2,1-3H3,(H,17,20)/t11-,12-/m1/s1. The normalized spacial score (nSPS) is 20.4. The van der Waals surface area contributed by atoms with Crippen molar-refractivity contribution in [2.45, 2.75) is 32.9 Å². The SMILES string of the molecule is Cc1cc(NC(=O)[C@@H](C)N2CCO[C@@H](c3nc(C)cs3)C2)on1. The molecule has 0 bridgehead atoms. The number of carbonyl (C=O) groups excluding carboxylic acids is 1. The Labute approximate surface area is 138 Å². The Morgan fingerprint density at radius 1 is 1.48 bits per heavy atom. The zero-order valence-electron chi connectivity index (χ0n) is 13.4. The molecule has 0 unspecified atom stereocenters. The minimum absolute atomic E-state index is 0.0785. The Bertz CT molecular complexity index is 684. The summed E-state index contributed by atoms with van der Waals surface area (Å²) in [6, 6.07) is 1.42. The van der Waals surface area contributed by atoms with Gasteiger partial charge in [0.2, 0.25) is 11.8 Å². The second-order valence-electron chi connectivity index (χ2n) is 5.68. The molecule has 1 aliphatic heterocycles. The highest BCUT2D eigenvalue weighted by molar-refractivity contribution is 7.09. The number of ether oxygens (including phenoxy) is 1. The monoisotopic (exact) mass is 336 g/mol. The lowest BCUT2D eigenvalue weighted by Gasteiger charge is -2.35. The smallest absolute Gasteiger partial charge is 0.243 e. The summed E-state index contributed by atoms with van der Waals surface area (Å²) in [5.41, 5.74) is 1.73. The van der Waals surface area contributed by atoms with E-state index < -0.39 is 0 Å². The van der Waals surface area contributed by atoms with Crippen molar-refractivity contribution in [1.29, 1.82) is 0 Å². The van der Waals surface area contributed by atoms with Crippen molar-refractivity contribution >= 4 is 23.1 Å². The fourth-order valence-corrected chi connectivity index (χ4v) is 3.34. The highest BCUT2D eigenvalue weighted by atomic mass is 32.1. The first-order valence-corrected chi connectivity index (χ1v) is 8.43. The Morgan fingerprint density at radius 2 is 2.30 bits per heavy atom. The highest BCUT2D eigenvalue weighted by Crippen LogP contribution is 2.26. The molecule has 0 aromatic carbocycles. The summed E-state index contributed by atoms with van der Waals surface area (Å²) in [5, 5.41) is 9.50. The fraction of sp³-hybridized carbons (Fsp3) is 0.533. The summed E-state index contributed by atoms with van der Waals surface area (Å²) in [5.74, 6) is 0.261. The van der Waals surface area contributed by atoms with Crippen molar-refractivity contribution < 1.29 is 14.1 Å². The van der Waals surface area contributed by atoms with Crippen LogP contribution in [0, 0.1) is 13.8 Å². The minimum Gasteiger partial charge on any atom is -0.368 e. The number of aromatic nitrogens is 2. The van der Waals surface area contributed by atoms with Gasteiger partial charge in [-0.2, -0.15) is 0 Å². The van der Waals surface area contributed by atoms with Gasteiger partial charge in [-0.3, -0.25) is 15.0 Å². The Morgan fingerprint density at radius 3 is 2.96 bits per heavy atom. The van der Waals surface area contributed by atoms with Crippen LogP contribution in [0.25, 0.3) is 0 Å². The van der Waals surface area contributed by atoms with Crippen molar-refractivity contribution in [3.8, 4) is 0 Å². The predicted octanol–water partition coefficient (Wildman–Crippen LogP) is 2.15. The van der Waals surface area contributed by atoms with Crippen molar-refractivity contribution in [2.75, 3.05) is 25.0 Å². The van der Waals surface area contributed by atoms with Gasteiger partial charge in [-0.1, -0.05) is 5.16 Å². The van der Waals surface area contributed by atoms with Crippen LogP contribution >= 0.6 is 11.3 Å². The first-order chi connectivity index (χ1) is 11.0. The largest absolute Gasteiger partial charge is 0.368 e. The first kappa shape index (κ1) is 16.1. The van der Waals surface area contributed by atoms with Gasteiger partial charge < -0.3 is 9.26 Å². The van der Waals surface area contributed by atoms with Gasteiger partial charge in [0.15, 0.2) is 0 Å². The lowest BCUT2D eigenvalue weighted by atomic mass is 10.2. The molecule has 2 atom stereocenters. The van der Waals surface area contributed by atoms with E-state index >= 15 is 0 Å². The van der Waals surface area contributed by atoms with Crippen LogP contribution in [0.5, 0.6) is 0 Å². The molecular weight excluding hydrogens is 316 g/mol. The van der Waals surface area contributed by atoms with Crippen molar-refractivity contribution in [1.82, 2.24) is 15.0 Å². The Hall–Kier alpha value is -1.77. The predicted molar refractivity (Wildman–Crippen MR) is 86.4 cm³/mol. The van der Waals surface area contributed by atoms with E-state index in [-0.39, 0.29) is 18.1 Å². The average molecular weight is 336 g/mol. The van der Waals surface area contributed by atoms with Crippen molar-refractivity contribution in [2.24, 2.45) is 0 Å². The molecule has 0 saturated carbocycles. The molecule has 2 aromatic heterocycles. The van der Waals surface area contributed by atoms with Gasteiger partial charge in [-0.15, -0.1) is 11.3 Å². The number of hydrogen-bond donors (Lipinski definition) is 1. The summed E-state index contributed by atoms with van der Waals surface area (Å²) >= 11 is 1.60. The summed E-state index contributed by atoms with van der Waals surface area (Å²) < 4.78 is 10.8. The Balaban J connectivity index is 1.62. The Kier molecular flexibility index (Phi) is 4.74. The highest BCUT2D eigenvalue weighted by Gasteiger charge is 2.30. The van der Waals surface area contributed by atoms with Gasteiger partial charge in [0.25, 0.3) is 0 Å². The van der Waals surface area contributed by atoms with E-state index in [9.17, 15) is 4.79 Å². The third-order valence-corrected chi connectivity index (χ3v) is 4.87. The zero-order chi connectivity index (χ0) is 16.4. The molecule has 0 aliphatic carbocycles. The van der Waals surface area contributed by atoms with Crippen LogP contribution in [-0.2, 0) is 9.53 Å². The summed E-state index contributed by atoms with van der Waals surface area (Å²) in [7, 11) is 0. The maximum atomic E-state index is 12.4. The van der Waals surface area contributed by atoms with E-state index in [1.165, 1.54) is 0 Å². The number of amides is 1. The van der Waals surface area contributed by atoms with Crippen LogP contribution in [0.2, 0.25) is 0 Å². The van der Waals surface area contributed by atoms with Crippen LogP contribution in [-0.4, -0.2) is 46.7 Å². The molecule has 3 rings (SSSR count). The van der Waals surface area contributed by atoms with Crippen LogP contribution in [0.1, 0.15) is 29.4 Å². The van der Waals surface area contributed by atoms with E-state index in [1.54, 1.807) is 17.4 Å². The van der Waals surface area contributed by atoms with Crippen LogP contribution in [0.4, 0.5) is 5.88 Å². The number of rotatable bonds is 4. The number of morpholine rings is 1. The van der Waals surface area contributed by atoms with E-state index in [0.29, 0.717) is 25.6 Å². The number of thiazole rings is 1. The molecule has 7 nitrogen and oxygen atoms in total. The van der Waals surface area contributed by atoms with Crippen LogP contribution in [0.15, 0.2) is 16.0 Å². The molecule has 1 saturated heterocycles. The molecular formula is C15H20N4O3S. The number of carbonyl (C=O) groups is 1. The van der Waals surface area contributed by atoms with Gasteiger partial charge in [0.1, 0.15) is 11.1 Å². The third kappa shape index (κ3) is 3.77. The van der Waals surface area contributed by atoms with Gasteiger partial charge in [-0.25, -0.2) is 4.98 Å². The van der Waals surface area contributed by atoms with E-state index in [4.69, 9.17) is 9.26 Å². The topological polar surface area (TPSA) is 80.5 Å². The van der Waals surface area contributed by atoms with Gasteiger partial charge >= 0.3 is 0 Å². The zero-order valence-corrected chi connectivity index (χ0v) is 14.2. The lowest BCUT2D eigenvalue weighted by molar-refractivity contribution is -0.124. The molecule has 3 heterocycles. The molecule has 0 spiro atoms. The second-order valence-corrected chi connectivity index (χ2v) is 6.57. The van der Waals surface area contributed by atoms with Gasteiger partial charge in [0.05, 0.1) is 18.3 Å². The maximum absolute atomic E-state index is 12.4.